The average molecular weight is 201 g/mol. The van der Waals surface area contributed by atoms with Crippen LogP contribution < -0.4 is 0 Å². The molecule has 1 rings (SSSR count). The number of nitrogens with zero attached hydrogens (tertiary/aromatic N) is 1. The van der Waals surface area contributed by atoms with Crippen molar-refractivity contribution < 1.29 is 19.4 Å². The number of ether oxygens (including phenoxy) is 1. The molecule has 0 aliphatic carbocycles. The van der Waals surface area contributed by atoms with Crippen LogP contribution >= 0.6 is 0 Å². The Morgan fingerprint density at radius 3 is 2.57 bits per heavy atom. The van der Waals surface area contributed by atoms with Gasteiger partial charge in [-0.1, -0.05) is 0 Å². The number of carboxylic acid groups (broad SMARTS) is 1. The lowest BCUT2D eigenvalue weighted by atomic mass is 9.94. The van der Waals surface area contributed by atoms with Gasteiger partial charge in [0.1, 0.15) is 0 Å². The van der Waals surface area contributed by atoms with Gasteiger partial charge in [-0.15, -0.1) is 0 Å². The largest absolute Gasteiger partial charge is 0.474 e. The zero-order valence-corrected chi connectivity index (χ0v) is 8.61. The number of hydrogen-bond acceptors (Lipinski definition) is 3. The summed E-state index contributed by atoms with van der Waals surface area (Å²) in [6.07, 6.45) is -0.153. The molecule has 0 bridgehead atoms. The number of rotatable bonds is 0. The van der Waals surface area contributed by atoms with Gasteiger partial charge in [0, 0.05) is 6.54 Å². The molecule has 1 saturated heterocycles. The van der Waals surface area contributed by atoms with E-state index in [0.717, 1.165) is 0 Å². The van der Waals surface area contributed by atoms with Crippen molar-refractivity contribution in [2.24, 2.45) is 0 Å². The van der Waals surface area contributed by atoms with E-state index in [1.54, 1.807) is 13.8 Å². The molecule has 0 radical (unpaired) electrons. The number of aliphatic carboxylic acids is 1. The SMILES string of the molecule is CC1OCCN(C(=O)C(=O)O)C1(C)C. The minimum atomic E-state index is -1.41. The van der Waals surface area contributed by atoms with Crippen molar-refractivity contribution in [2.75, 3.05) is 13.2 Å². The minimum absolute atomic E-state index is 0.153. The van der Waals surface area contributed by atoms with E-state index >= 15 is 0 Å². The molecule has 0 aromatic carbocycles. The maximum atomic E-state index is 11.3. The number of amides is 1. The zero-order chi connectivity index (χ0) is 10.9. The van der Waals surface area contributed by atoms with Crippen LogP contribution in [0.2, 0.25) is 0 Å². The molecule has 0 spiro atoms. The first-order valence-electron chi connectivity index (χ1n) is 4.54. The lowest BCUT2D eigenvalue weighted by Crippen LogP contribution is -2.61. The summed E-state index contributed by atoms with van der Waals surface area (Å²) >= 11 is 0. The zero-order valence-electron chi connectivity index (χ0n) is 8.61. The second-order valence-corrected chi connectivity index (χ2v) is 3.93. The van der Waals surface area contributed by atoms with Crippen molar-refractivity contribution in [3.63, 3.8) is 0 Å². The first kappa shape index (κ1) is 11.0. The van der Waals surface area contributed by atoms with Gasteiger partial charge in [-0.3, -0.25) is 4.79 Å². The number of hydrogen-bond donors (Lipinski definition) is 1. The summed E-state index contributed by atoms with van der Waals surface area (Å²) in [5.74, 6) is -2.27. The predicted molar refractivity (Wildman–Crippen MR) is 48.8 cm³/mol. The van der Waals surface area contributed by atoms with Gasteiger partial charge >= 0.3 is 11.9 Å². The summed E-state index contributed by atoms with van der Waals surface area (Å²) < 4.78 is 5.37. The molecular formula is C9H15NO4. The van der Waals surface area contributed by atoms with Crippen molar-refractivity contribution >= 4 is 11.9 Å². The van der Waals surface area contributed by atoms with Crippen LogP contribution in [0.5, 0.6) is 0 Å². The number of morpholine rings is 1. The molecule has 1 aliphatic rings. The van der Waals surface area contributed by atoms with Gasteiger partial charge < -0.3 is 14.7 Å². The predicted octanol–water partition coefficient (Wildman–Crippen LogP) is 0.0969. The van der Waals surface area contributed by atoms with E-state index in [2.05, 4.69) is 0 Å². The number of carboxylic acids is 1. The second-order valence-electron chi connectivity index (χ2n) is 3.93. The van der Waals surface area contributed by atoms with Crippen molar-refractivity contribution in [3.05, 3.63) is 0 Å². The summed E-state index contributed by atoms with van der Waals surface area (Å²) in [6.45, 7) is 6.17. The summed E-state index contributed by atoms with van der Waals surface area (Å²) in [6, 6.07) is 0. The van der Waals surface area contributed by atoms with Crippen LogP contribution in [-0.2, 0) is 14.3 Å². The van der Waals surface area contributed by atoms with Crippen LogP contribution in [0.15, 0.2) is 0 Å². The second kappa shape index (κ2) is 3.57. The highest BCUT2D eigenvalue weighted by atomic mass is 16.5. The van der Waals surface area contributed by atoms with E-state index in [0.29, 0.717) is 13.2 Å². The average Bonchev–Trinajstić information content (AvgIpc) is 2.08. The molecule has 0 aromatic heterocycles. The van der Waals surface area contributed by atoms with Gasteiger partial charge in [0.05, 0.1) is 18.2 Å². The van der Waals surface area contributed by atoms with Crippen LogP contribution in [0.25, 0.3) is 0 Å². The van der Waals surface area contributed by atoms with Crippen LogP contribution in [0.1, 0.15) is 20.8 Å². The summed E-state index contributed by atoms with van der Waals surface area (Å²) in [5, 5.41) is 8.62. The number of carbonyl (C=O) groups excluding carboxylic acids is 1. The standard InChI is InChI=1S/C9H15NO4/c1-6-9(2,3)10(4-5-14-6)7(11)8(12)13/h6H,4-5H2,1-3H3,(H,12,13). The molecule has 1 atom stereocenters. The van der Waals surface area contributed by atoms with Crippen molar-refractivity contribution in [3.8, 4) is 0 Å². The molecule has 1 amide bonds. The minimum Gasteiger partial charge on any atom is -0.474 e. The Morgan fingerprint density at radius 2 is 2.07 bits per heavy atom. The van der Waals surface area contributed by atoms with Crippen LogP contribution in [-0.4, -0.2) is 46.7 Å². The van der Waals surface area contributed by atoms with Crippen LogP contribution in [0, 0.1) is 0 Å². The molecule has 0 saturated carbocycles. The van der Waals surface area contributed by atoms with Crippen LogP contribution in [0.3, 0.4) is 0 Å². The topological polar surface area (TPSA) is 66.8 Å². The van der Waals surface area contributed by atoms with Crippen molar-refractivity contribution in [2.45, 2.75) is 32.4 Å². The summed E-state index contributed by atoms with van der Waals surface area (Å²) in [5.41, 5.74) is -0.562. The summed E-state index contributed by atoms with van der Waals surface area (Å²) in [7, 11) is 0. The lowest BCUT2D eigenvalue weighted by Gasteiger charge is -2.45. The first-order chi connectivity index (χ1) is 6.37. The Labute approximate surface area is 82.6 Å². The van der Waals surface area contributed by atoms with Gasteiger partial charge in [0.2, 0.25) is 0 Å². The smallest absolute Gasteiger partial charge is 0.394 e. The molecule has 0 aromatic rings. The van der Waals surface area contributed by atoms with Crippen molar-refractivity contribution in [1.82, 2.24) is 4.90 Å². The Morgan fingerprint density at radius 1 is 1.50 bits per heavy atom. The number of carbonyl (C=O) groups is 2. The highest BCUT2D eigenvalue weighted by Crippen LogP contribution is 2.25. The fraction of sp³-hybridized carbons (Fsp3) is 0.778. The fourth-order valence-corrected chi connectivity index (χ4v) is 1.51. The van der Waals surface area contributed by atoms with Gasteiger partial charge in [0.25, 0.3) is 0 Å². The third-order valence-corrected chi connectivity index (χ3v) is 2.80. The van der Waals surface area contributed by atoms with E-state index < -0.39 is 17.4 Å². The van der Waals surface area contributed by atoms with Gasteiger partial charge in [-0.2, -0.15) is 0 Å². The molecule has 5 nitrogen and oxygen atoms in total. The monoisotopic (exact) mass is 201 g/mol. The molecule has 1 heterocycles. The molecule has 1 fully saturated rings. The third-order valence-electron chi connectivity index (χ3n) is 2.80. The van der Waals surface area contributed by atoms with Gasteiger partial charge in [-0.05, 0) is 20.8 Å². The molecule has 80 valence electrons. The quantitative estimate of drug-likeness (QED) is 0.564. The van der Waals surface area contributed by atoms with E-state index in [1.807, 2.05) is 6.92 Å². The maximum absolute atomic E-state index is 11.3. The molecular weight excluding hydrogens is 186 g/mol. The van der Waals surface area contributed by atoms with Crippen LogP contribution in [0.4, 0.5) is 0 Å². The van der Waals surface area contributed by atoms with E-state index in [4.69, 9.17) is 9.84 Å². The molecule has 1 N–H and O–H groups in total. The Hall–Kier alpha value is -1.10. The van der Waals surface area contributed by atoms with E-state index in [-0.39, 0.29) is 6.10 Å². The molecule has 1 aliphatic heterocycles. The Bertz CT molecular complexity index is 262. The normalized spacial score (nSPS) is 25.9. The molecule has 14 heavy (non-hydrogen) atoms. The van der Waals surface area contributed by atoms with Gasteiger partial charge in [-0.25, -0.2) is 4.79 Å². The maximum Gasteiger partial charge on any atom is 0.394 e. The highest BCUT2D eigenvalue weighted by molar-refractivity contribution is 6.31. The third kappa shape index (κ3) is 1.72. The molecule has 5 heteroatoms. The Balaban J connectivity index is 2.87. The van der Waals surface area contributed by atoms with E-state index in [1.165, 1.54) is 4.90 Å². The summed E-state index contributed by atoms with van der Waals surface area (Å²) in [4.78, 5) is 23.2. The highest BCUT2D eigenvalue weighted by Gasteiger charge is 2.41. The van der Waals surface area contributed by atoms with Crippen molar-refractivity contribution in [1.29, 1.82) is 0 Å². The first-order valence-corrected chi connectivity index (χ1v) is 4.54. The fourth-order valence-electron chi connectivity index (χ4n) is 1.51. The lowest BCUT2D eigenvalue weighted by molar-refractivity contribution is -0.169. The van der Waals surface area contributed by atoms with E-state index in [9.17, 15) is 9.59 Å². The Kier molecular flexibility index (Phi) is 2.80. The molecule has 1 unspecified atom stereocenters. The van der Waals surface area contributed by atoms with Gasteiger partial charge in [0.15, 0.2) is 0 Å².